The fraction of sp³-hybridized carbons (Fsp3) is 0.263. The summed E-state index contributed by atoms with van der Waals surface area (Å²) in [5.74, 6) is -2.21. The van der Waals surface area contributed by atoms with E-state index in [1.165, 1.54) is 12.1 Å². The highest BCUT2D eigenvalue weighted by atomic mass is 35.5. The van der Waals surface area contributed by atoms with Gasteiger partial charge < -0.3 is 10.4 Å². The Morgan fingerprint density at radius 1 is 1.20 bits per heavy atom. The van der Waals surface area contributed by atoms with Gasteiger partial charge in [-0.3, -0.25) is 9.59 Å². The molecule has 0 aliphatic rings. The van der Waals surface area contributed by atoms with Crippen LogP contribution in [0.1, 0.15) is 23.6 Å². The Morgan fingerprint density at radius 3 is 2.40 bits per heavy atom. The maximum atomic E-state index is 13.4. The lowest BCUT2D eigenvalue weighted by Crippen LogP contribution is -2.49. The highest BCUT2D eigenvalue weighted by molar-refractivity contribution is 6.36. The summed E-state index contributed by atoms with van der Waals surface area (Å²) in [6.07, 6.45) is -0.255. The second kappa shape index (κ2) is 7.76. The number of aryl methyl sites for hydroxylation is 1. The summed E-state index contributed by atoms with van der Waals surface area (Å²) in [5, 5.41) is 12.2. The summed E-state index contributed by atoms with van der Waals surface area (Å²) in [6, 6.07) is 11.2. The van der Waals surface area contributed by atoms with Gasteiger partial charge in [0.15, 0.2) is 0 Å². The minimum absolute atomic E-state index is 0.0483. The molecule has 132 valence electrons. The molecule has 0 saturated carbocycles. The number of nitrogens with one attached hydrogen (secondary N) is 1. The summed E-state index contributed by atoms with van der Waals surface area (Å²) in [6.45, 7) is 3.18. The monoisotopic (exact) mass is 363 g/mol. The van der Waals surface area contributed by atoms with Crippen molar-refractivity contribution in [3.63, 3.8) is 0 Å². The van der Waals surface area contributed by atoms with Crippen LogP contribution in [0, 0.1) is 12.7 Å². The number of carbonyl (C=O) groups excluding carboxylic acids is 2. The van der Waals surface area contributed by atoms with Crippen molar-refractivity contribution < 1.29 is 19.1 Å². The van der Waals surface area contributed by atoms with Gasteiger partial charge in [0.25, 0.3) is 5.91 Å². The van der Waals surface area contributed by atoms with Crippen LogP contribution in [0.25, 0.3) is 0 Å². The first-order valence-electron chi connectivity index (χ1n) is 7.72. The molecule has 2 aromatic carbocycles. The van der Waals surface area contributed by atoms with E-state index < -0.39 is 23.0 Å². The number of halogens is 2. The molecule has 0 bridgehead atoms. The number of hydrogen-bond donors (Lipinski definition) is 2. The summed E-state index contributed by atoms with van der Waals surface area (Å²) in [5.41, 5.74) is 0.977. The highest BCUT2D eigenvalue weighted by Crippen LogP contribution is 2.21. The van der Waals surface area contributed by atoms with Gasteiger partial charge in [0.05, 0.1) is 17.2 Å². The zero-order valence-electron chi connectivity index (χ0n) is 14.0. The Balaban J connectivity index is 2.11. The fourth-order valence-corrected chi connectivity index (χ4v) is 2.48. The van der Waals surface area contributed by atoms with Crippen molar-refractivity contribution in [2.75, 3.05) is 6.61 Å². The largest absolute Gasteiger partial charge is 0.394 e. The number of hydrogen-bond acceptors (Lipinski definition) is 3. The van der Waals surface area contributed by atoms with Crippen molar-refractivity contribution in [1.82, 2.24) is 5.32 Å². The predicted molar refractivity (Wildman–Crippen MR) is 93.9 cm³/mol. The molecule has 4 nitrogen and oxygen atoms in total. The lowest BCUT2D eigenvalue weighted by atomic mass is 9.91. The van der Waals surface area contributed by atoms with E-state index in [4.69, 9.17) is 11.6 Å². The number of Topliss-reactive ketones (excluding diaryl/α,β-unsaturated/α-hetero) is 1. The third-order valence-electron chi connectivity index (χ3n) is 4.00. The van der Waals surface area contributed by atoms with Gasteiger partial charge in [-0.15, -0.1) is 0 Å². The molecule has 25 heavy (non-hydrogen) atoms. The first kappa shape index (κ1) is 19.1. The van der Waals surface area contributed by atoms with E-state index in [0.29, 0.717) is 11.1 Å². The summed E-state index contributed by atoms with van der Waals surface area (Å²) in [7, 11) is 0. The second-order valence-corrected chi connectivity index (χ2v) is 6.57. The van der Waals surface area contributed by atoms with Crippen LogP contribution in [0.2, 0.25) is 5.02 Å². The predicted octanol–water partition coefficient (Wildman–Crippen LogP) is 2.92. The standard InChI is InChI=1S/C19H19ClFNO3/c1-12-3-6-14(7-4-12)19(2,11-23)22-18(25)17(24)10-13-5-8-15(20)16(21)9-13/h3-9,23H,10-11H2,1-2H3,(H,22,25). The molecular formula is C19H19ClFNO3. The van der Waals surface area contributed by atoms with Crippen molar-refractivity contribution >= 4 is 23.3 Å². The maximum absolute atomic E-state index is 13.4. The molecule has 0 heterocycles. The molecule has 2 rings (SSSR count). The van der Waals surface area contributed by atoms with Gasteiger partial charge in [0.1, 0.15) is 5.82 Å². The first-order valence-corrected chi connectivity index (χ1v) is 8.10. The number of amides is 1. The molecule has 0 aromatic heterocycles. The summed E-state index contributed by atoms with van der Waals surface area (Å²) >= 11 is 5.60. The van der Waals surface area contributed by atoms with Crippen molar-refractivity contribution in [2.24, 2.45) is 0 Å². The van der Waals surface area contributed by atoms with Gasteiger partial charge in [0.2, 0.25) is 5.78 Å². The number of carbonyl (C=O) groups is 2. The van der Waals surface area contributed by atoms with Crippen LogP contribution >= 0.6 is 11.6 Å². The molecule has 1 unspecified atom stereocenters. The Kier molecular flexibility index (Phi) is 5.93. The quantitative estimate of drug-likeness (QED) is 0.775. The molecule has 6 heteroatoms. The number of aliphatic hydroxyl groups excluding tert-OH is 1. The molecule has 2 aromatic rings. The van der Waals surface area contributed by atoms with E-state index in [2.05, 4.69) is 5.32 Å². The smallest absolute Gasteiger partial charge is 0.288 e. The fourth-order valence-electron chi connectivity index (χ4n) is 2.36. The molecule has 2 N–H and O–H groups in total. The van der Waals surface area contributed by atoms with E-state index >= 15 is 0 Å². The molecule has 1 atom stereocenters. The third kappa shape index (κ3) is 4.65. The van der Waals surface area contributed by atoms with E-state index in [9.17, 15) is 19.1 Å². The van der Waals surface area contributed by atoms with Gasteiger partial charge in [-0.25, -0.2) is 4.39 Å². The van der Waals surface area contributed by atoms with E-state index in [1.54, 1.807) is 19.1 Å². The van der Waals surface area contributed by atoms with Crippen molar-refractivity contribution in [2.45, 2.75) is 25.8 Å². The van der Waals surface area contributed by atoms with Gasteiger partial charge in [-0.2, -0.15) is 0 Å². The minimum Gasteiger partial charge on any atom is -0.394 e. The van der Waals surface area contributed by atoms with E-state index in [-0.39, 0.29) is 18.1 Å². The van der Waals surface area contributed by atoms with Crippen LogP contribution in [0.4, 0.5) is 4.39 Å². The first-order chi connectivity index (χ1) is 11.7. The van der Waals surface area contributed by atoms with Crippen LogP contribution in [0.15, 0.2) is 42.5 Å². The van der Waals surface area contributed by atoms with Crippen LogP contribution < -0.4 is 5.32 Å². The number of benzene rings is 2. The Morgan fingerprint density at radius 2 is 1.84 bits per heavy atom. The van der Waals surface area contributed by atoms with Gasteiger partial charge >= 0.3 is 0 Å². The van der Waals surface area contributed by atoms with Gasteiger partial charge in [0, 0.05) is 6.42 Å². The average molecular weight is 364 g/mol. The normalized spacial score (nSPS) is 13.2. The molecule has 1 amide bonds. The lowest BCUT2D eigenvalue weighted by Gasteiger charge is -2.29. The van der Waals surface area contributed by atoms with Crippen LogP contribution in [0.3, 0.4) is 0 Å². The summed E-state index contributed by atoms with van der Waals surface area (Å²) < 4.78 is 13.4. The molecule has 0 aliphatic carbocycles. The van der Waals surface area contributed by atoms with Crippen molar-refractivity contribution in [3.05, 3.63) is 70.0 Å². The van der Waals surface area contributed by atoms with Crippen molar-refractivity contribution in [3.8, 4) is 0 Å². The van der Waals surface area contributed by atoms with Crippen molar-refractivity contribution in [1.29, 1.82) is 0 Å². The average Bonchev–Trinajstić information content (AvgIpc) is 2.58. The number of aliphatic hydroxyl groups is 1. The molecule has 0 radical (unpaired) electrons. The van der Waals surface area contributed by atoms with Crippen LogP contribution in [-0.4, -0.2) is 23.4 Å². The maximum Gasteiger partial charge on any atom is 0.288 e. The highest BCUT2D eigenvalue weighted by Gasteiger charge is 2.30. The Hall–Kier alpha value is -2.24. The minimum atomic E-state index is -1.09. The third-order valence-corrected chi connectivity index (χ3v) is 4.30. The Bertz CT molecular complexity index is 792. The number of ketones is 1. The van der Waals surface area contributed by atoms with Gasteiger partial charge in [-0.1, -0.05) is 47.5 Å². The topological polar surface area (TPSA) is 66.4 Å². The molecule has 0 fully saturated rings. The SMILES string of the molecule is Cc1ccc(C(C)(CO)NC(=O)C(=O)Cc2ccc(Cl)c(F)c2)cc1. The van der Waals surface area contributed by atoms with E-state index in [1.807, 2.05) is 19.1 Å². The zero-order valence-corrected chi connectivity index (χ0v) is 14.7. The second-order valence-electron chi connectivity index (χ2n) is 6.16. The molecular weight excluding hydrogens is 345 g/mol. The summed E-state index contributed by atoms with van der Waals surface area (Å²) in [4.78, 5) is 24.4. The zero-order chi connectivity index (χ0) is 18.6. The van der Waals surface area contributed by atoms with Gasteiger partial charge in [-0.05, 0) is 37.1 Å². The van der Waals surface area contributed by atoms with E-state index in [0.717, 1.165) is 11.6 Å². The lowest BCUT2D eigenvalue weighted by molar-refractivity contribution is -0.139. The Labute approximate surface area is 150 Å². The molecule has 0 aliphatic heterocycles. The number of rotatable bonds is 6. The van der Waals surface area contributed by atoms with Crippen LogP contribution in [0.5, 0.6) is 0 Å². The van der Waals surface area contributed by atoms with Crippen LogP contribution in [-0.2, 0) is 21.5 Å². The molecule has 0 saturated heterocycles. The molecule has 0 spiro atoms.